The van der Waals surface area contributed by atoms with Crippen molar-refractivity contribution in [2.45, 2.75) is 213 Å². The van der Waals surface area contributed by atoms with E-state index in [4.69, 9.17) is 9.47 Å². The maximum absolute atomic E-state index is 12.7. The first-order valence-corrected chi connectivity index (χ1v) is 20.2. The smallest absolute Gasteiger partial charge is 0.309 e. The molecule has 1 atom stereocenters. The SMILES string of the molecule is CCCCCCCCC=CCCCCCCCC(=O)OC(OC(=O)CCCCCCCC=CCCCCCCCC)C(C)[N+](C)(C)C. The van der Waals surface area contributed by atoms with Crippen LogP contribution in [0.5, 0.6) is 0 Å². The van der Waals surface area contributed by atoms with Gasteiger partial charge in [-0.05, 0) is 71.1 Å². The highest BCUT2D eigenvalue weighted by molar-refractivity contribution is 5.71. The third kappa shape index (κ3) is 31.4. The lowest BCUT2D eigenvalue weighted by Crippen LogP contribution is -2.52. The summed E-state index contributed by atoms with van der Waals surface area (Å²) in [5.41, 5.74) is 0. The van der Waals surface area contributed by atoms with Gasteiger partial charge in [-0.3, -0.25) is 9.59 Å². The number of quaternary nitrogens is 1. The molecule has 47 heavy (non-hydrogen) atoms. The van der Waals surface area contributed by atoms with Crippen LogP contribution in [-0.4, -0.2) is 49.9 Å². The second kappa shape index (κ2) is 32.9. The maximum atomic E-state index is 12.7. The van der Waals surface area contributed by atoms with Gasteiger partial charge < -0.3 is 14.0 Å². The van der Waals surface area contributed by atoms with Gasteiger partial charge in [-0.1, -0.05) is 141 Å². The molecule has 0 fully saturated rings. The number of likely N-dealkylation sites (N-methyl/N-ethyl adjacent to an activating group) is 1. The molecule has 0 aliphatic heterocycles. The van der Waals surface area contributed by atoms with Gasteiger partial charge in [-0.25, -0.2) is 0 Å². The molecule has 0 aromatic heterocycles. The van der Waals surface area contributed by atoms with Crippen molar-refractivity contribution >= 4 is 11.9 Å². The van der Waals surface area contributed by atoms with Crippen molar-refractivity contribution in [3.8, 4) is 0 Å². The molecule has 0 N–H and O–H groups in total. The predicted octanol–water partition coefficient (Wildman–Crippen LogP) is 12.6. The molecule has 0 radical (unpaired) electrons. The zero-order chi connectivity index (χ0) is 34.9. The fourth-order valence-electron chi connectivity index (χ4n) is 5.64. The van der Waals surface area contributed by atoms with Crippen LogP contribution in [0.4, 0.5) is 0 Å². The molecule has 0 spiro atoms. The van der Waals surface area contributed by atoms with E-state index in [2.05, 4.69) is 38.2 Å². The molecule has 0 heterocycles. The van der Waals surface area contributed by atoms with E-state index in [0.717, 1.165) is 51.4 Å². The highest BCUT2D eigenvalue weighted by atomic mass is 16.7. The van der Waals surface area contributed by atoms with Crippen molar-refractivity contribution in [1.82, 2.24) is 0 Å². The number of carbonyl (C=O) groups excluding carboxylic acids is 2. The van der Waals surface area contributed by atoms with Gasteiger partial charge in [-0.2, -0.15) is 0 Å². The van der Waals surface area contributed by atoms with E-state index < -0.39 is 6.29 Å². The molecule has 0 aliphatic carbocycles. The van der Waals surface area contributed by atoms with Gasteiger partial charge in [0.1, 0.15) is 0 Å². The van der Waals surface area contributed by atoms with Gasteiger partial charge in [0.05, 0.1) is 21.1 Å². The molecule has 0 saturated carbocycles. The fraction of sp³-hybridized carbons (Fsp3) is 0.857. The summed E-state index contributed by atoms with van der Waals surface area (Å²) in [6.45, 7) is 6.51. The third-order valence-corrected chi connectivity index (χ3v) is 9.40. The summed E-state index contributed by atoms with van der Waals surface area (Å²) in [6.07, 6.45) is 41.2. The Kier molecular flexibility index (Phi) is 31.8. The van der Waals surface area contributed by atoms with Gasteiger partial charge in [0.15, 0.2) is 6.04 Å². The number of hydrogen-bond donors (Lipinski definition) is 0. The number of esters is 2. The molecular formula is C42H80NO4+. The van der Waals surface area contributed by atoms with Gasteiger partial charge in [0.2, 0.25) is 0 Å². The summed E-state index contributed by atoms with van der Waals surface area (Å²) in [5, 5.41) is 0. The van der Waals surface area contributed by atoms with Crippen molar-refractivity contribution in [3.05, 3.63) is 24.3 Å². The van der Waals surface area contributed by atoms with Crippen LogP contribution in [0.3, 0.4) is 0 Å². The number of ether oxygens (including phenoxy) is 2. The lowest BCUT2D eigenvalue weighted by atomic mass is 10.1. The summed E-state index contributed by atoms with van der Waals surface area (Å²) in [5.74, 6) is -0.525. The number of carbonyl (C=O) groups is 2. The number of allylic oxidation sites excluding steroid dienone is 4. The van der Waals surface area contributed by atoms with Gasteiger partial charge in [0.25, 0.3) is 6.29 Å². The normalized spacial score (nSPS) is 13.4. The lowest BCUT2D eigenvalue weighted by Gasteiger charge is -2.35. The minimum atomic E-state index is -0.846. The quantitative estimate of drug-likeness (QED) is 0.0226. The van der Waals surface area contributed by atoms with Crippen LogP contribution in [0.2, 0.25) is 0 Å². The van der Waals surface area contributed by atoms with Crippen molar-refractivity contribution in [2.75, 3.05) is 21.1 Å². The van der Waals surface area contributed by atoms with Gasteiger partial charge in [0, 0.05) is 12.8 Å². The van der Waals surface area contributed by atoms with Crippen LogP contribution in [-0.2, 0) is 19.1 Å². The topological polar surface area (TPSA) is 52.6 Å². The molecule has 0 aromatic rings. The highest BCUT2D eigenvalue weighted by Gasteiger charge is 2.34. The average Bonchev–Trinajstić information content (AvgIpc) is 3.03. The Bertz CT molecular complexity index is 715. The molecule has 276 valence electrons. The Balaban J connectivity index is 4.04. The molecule has 1 unspecified atom stereocenters. The van der Waals surface area contributed by atoms with Crippen molar-refractivity contribution < 1.29 is 23.5 Å². The van der Waals surface area contributed by atoms with Crippen LogP contribution >= 0.6 is 0 Å². The minimum Gasteiger partial charge on any atom is -0.419 e. The first-order valence-electron chi connectivity index (χ1n) is 20.2. The molecule has 0 aromatic carbocycles. The Morgan fingerprint density at radius 1 is 0.468 bits per heavy atom. The van der Waals surface area contributed by atoms with E-state index >= 15 is 0 Å². The molecular weight excluding hydrogens is 582 g/mol. The molecule has 5 nitrogen and oxygen atoms in total. The van der Waals surface area contributed by atoms with Crippen molar-refractivity contribution in [2.24, 2.45) is 0 Å². The average molecular weight is 663 g/mol. The maximum Gasteiger partial charge on any atom is 0.309 e. The first-order chi connectivity index (χ1) is 22.7. The highest BCUT2D eigenvalue weighted by Crippen LogP contribution is 2.17. The molecule has 5 heteroatoms. The summed E-state index contributed by atoms with van der Waals surface area (Å²) < 4.78 is 12.0. The molecule has 0 saturated heterocycles. The Morgan fingerprint density at radius 3 is 1.04 bits per heavy atom. The standard InChI is InChI=1S/C42H80NO4/c1-7-9-11-13-15-17-19-21-23-25-27-29-31-33-35-37-40(44)46-42(39(3)43(4,5)6)47-41(45)38-36-34-32-30-28-26-24-22-20-18-16-14-12-10-8-2/h21-24,39,42H,7-20,25-38H2,1-6H3/q+1. The zero-order valence-electron chi connectivity index (χ0n) is 32.3. The summed E-state index contributed by atoms with van der Waals surface area (Å²) in [4.78, 5) is 25.3. The second-order valence-corrected chi connectivity index (χ2v) is 14.9. The summed E-state index contributed by atoms with van der Waals surface area (Å²) in [7, 11) is 6.10. The predicted molar refractivity (Wildman–Crippen MR) is 202 cm³/mol. The third-order valence-electron chi connectivity index (χ3n) is 9.40. The second-order valence-electron chi connectivity index (χ2n) is 14.9. The molecule has 0 rings (SSSR count). The number of unbranched alkanes of at least 4 members (excludes halogenated alkanes) is 22. The monoisotopic (exact) mass is 663 g/mol. The van der Waals surface area contributed by atoms with Crippen LogP contribution < -0.4 is 0 Å². The van der Waals surface area contributed by atoms with Crippen molar-refractivity contribution in [3.63, 3.8) is 0 Å². The van der Waals surface area contributed by atoms with Crippen LogP contribution in [0.15, 0.2) is 24.3 Å². The molecule has 0 bridgehead atoms. The van der Waals surface area contributed by atoms with Crippen LogP contribution in [0, 0.1) is 0 Å². The van der Waals surface area contributed by atoms with E-state index in [1.54, 1.807) is 0 Å². The summed E-state index contributed by atoms with van der Waals surface area (Å²) >= 11 is 0. The van der Waals surface area contributed by atoms with E-state index in [0.29, 0.717) is 17.3 Å². The zero-order valence-corrected chi connectivity index (χ0v) is 32.3. The van der Waals surface area contributed by atoms with E-state index in [-0.39, 0.29) is 18.0 Å². The number of nitrogens with zero attached hydrogens (tertiary/aromatic N) is 1. The Morgan fingerprint density at radius 2 is 0.745 bits per heavy atom. The number of hydrogen-bond acceptors (Lipinski definition) is 4. The Labute approximate surface area is 293 Å². The fourth-order valence-corrected chi connectivity index (χ4v) is 5.64. The van der Waals surface area contributed by atoms with Crippen LogP contribution in [0.1, 0.15) is 201 Å². The number of rotatable bonds is 34. The molecule has 0 aliphatic rings. The van der Waals surface area contributed by atoms with Crippen LogP contribution in [0.25, 0.3) is 0 Å². The van der Waals surface area contributed by atoms with Gasteiger partial charge >= 0.3 is 11.9 Å². The Hall–Kier alpha value is -1.62. The van der Waals surface area contributed by atoms with Gasteiger partial charge in [-0.15, -0.1) is 0 Å². The minimum absolute atomic E-state index is 0.147. The largest absolute Gasteiger partial charge is 0.419 e. The van der Waals surface area contributed by atoms with Crippen molar-refractivity contribution in [1.29, 1.82) is 0 Å². The van der Waals surface area contributed by atoms with E-state index in [1.807, 2.05) is 28.1 Å². The molecule has 0 amide bonds. The van der Waals surface area contributed by atoms with E-state index in [1.165, 1.54) is 116 Å². The summed E-state index contributed by atoms with van der Waals surface area (Å²) in [6, 6.07) is -0.147. The lowest BCUT2D eigenvalue weighted by molar-refractivity contribution is -0.900. The van der Waals surface area contributed by atoms with E-state index in [9.17, 15) is 9.59 Å². The first kappa shape index (κ1) is 45.4.